The maximum absolute atomic E-state index is 12.8. The molecule has 0 bridgehead atoms. The SMILES string of the molecule is CCc1c(C)nc(NC(=O)c2ccc(CC3CCNC3)cc2)nc1N1CCOCC1. The second-order valence-corrected chi connectivity index (χ2v) is 8.10. The Kier molecular flexibility index (Phi) is 6.59. The molecule has 3 heterocycles. The predicted molar refractivity (Wildman–Crippen MR) is 118 cm³/mol. The van der Waals surface area contributed by atoms with Crippen LogP contribution in [0.5, 0.6) is 0 Å². The van der Waals surface area contributed by atoms with E-state index in [2.05, 4.69) is 39.6 Å². The van der Waals surface area contributed by atoms with Crippen LogP contribution in [0, 0.1) is 12.8 Å². The zero-order valence-electron chi connectivity index (χ0n) is 17.9. The van der Waals surface area contributed by atoms with Gasteiger partial charge in [-0.3, -0.25) is 10.1 Å². The number of hydrogen-bond donors (Lipinski definition) is 2. The van der Waals surface area contributed by atoms with Crippen LogP contribution in [-0.4, -0.2) is 55.3 Å². The zero-order chi connectivity index (χ0) is 20.9. The van der Waals surface area contributed by atoms with Crippen molar-refractivity contribution in [2.75, 3.05) is 49.6 Å². The summed E-state index contributed by atoms with van der Waals surface area (Å²) in [6, 6.07) is 7.89. The number of benzene rings is 1. The molecule has 1 aromatic heterocycles. The molecule has 0 spiro atoms. The number of carbonyl (C=O) groups is 1. The maximum Gasteiger partial charge on any atom is 0.258 e. The topological polar surface area (TPSA) is 79.4 Å². The van der Waals surface area contributed by atoms with E-state index >= 15 is 0 Å². The number of morpholine rings is 1. The molecule has 2 N–H and O–H groups in total. The van der Waals surface area contributed by atoms with E-state index in [1.807, 2.05) is 19.1 Å². The summed E-state index contributed by atoms with van der Waals surface area (Å²) >= 11 is 0. The lowest BCUT2D eigenvalue weighted by atomic mass is 9.98. The minimum absolute atomic E-state index is 0.180. The minimum atomic E-state index is -0.180. The van der Waals surface area contributed by atoms with Gasteiger partial charge in [0.15, 0.2) is 0 Å². The highest BCUT2D eigenvalue weighted by molar-refractivity contribution is 6.03. The van der Waals surface area contributed by atoms with Crippen molar-refractivity contribution < 1.29 is 9.53 Å². The number of aromatic nitrogens is 2. The number of carbonyl (C=O) groups excluding carboxylic acids is 1. The number of rotatable bonds is 6. The molecule has 2 fully saturated rings. The van der Waals surface area contributed by atoms with E-state index in [1.54, 1.807) is 0 Å². The Morgan fingerprint density at radius 1 is 1.23 bits per heavy atom. The van der Waals surface area contributed by atoms with Gasteiger partial charge >= 0.3 is 0 Å². The second kappa shape index (κ2) is 9.53. The van der Waals surface area contributed by atoms with Gasteiger partial charge in [0.25, 0.3) is 5.91 Å². The number of nitrogens with zero attached hydrogens (tertiary/aromatic N) is 3. The Morgan fingerprint density at radius 3 is 2.67 bits per heavy atom. The Hall–Kier alpha value is -2.51. The van der Waals surface area contributed by atoms with Crippen molar-refractivity contribution in [3.05, 3.63) is 46.6 Å². The van der Waals surface area contributed by atoms with Crippen LogP contribution in [0.2, 0.25) is 0 Å². The number of nitrogens with one attached hydrogen (secondary N) is 2. The van der Waals surface area contributed by atoms with Gasteiger partial charge in [-0.05, 0) is 62.9 Å². The average Bonchev–Trinajstić information content (AvgIpc) is 3.27. The molecule has 7 heteroatoms. The molecule has 1 amide bonds. The molecule has 2 saturated heterocycles. The van der Waals surface area contributed by atoms with Gasteiger partial charge < -0.3 is 15.0 Å². The molecule has 0 aliphatic carbocycles. The van der Waals surface area contributed by atoms with E-state index in [9.17, 15) is 4.79 Å². The molecule has 1 aromatic carbocycles. The highest BCUT2D eigenvalue weighted by atomic mass is 16.5. The summed E-state index contributed by atoms with van der Waals surface area (Å²) < 4.78 is 5.47. The van der Waals surface area contributed by atoms with Gasteiger partial charge in [0.1, 0.15) is 5.82 Å². The maximum atomic E-state index is 12.8. The first-order valence-corrected chi connectivity index (χ1v) is 10.9. The molecule has 2 aliphatic rings. The summed E-state index contributed by atoms with van der Waals surface area (Å²) in [6.07, 6.45) is 3.13. The van der Waals surface area contributed by atoms with Crippen molar-refractivity contribution in [1.82, 2.24) is 15.3 Å². The number of aryl methyl sites for hydroxylation is 1. The van der Waals surface area contributed by atoms with Gasteiger partial charge in [0, 0.05) is 29.9 Å². The largest absolute Gasteiger partial charge is 0.378 e. The molecule has 1 unspecified atom stereocenters. The molecule has 0 saturated carbocycles. The lowest BCUT2D eigenvalue weighted by Gasteiger charge is -2.30. The summed E-state index contributed by atoms with van der Waals surface area (Å²) in [5.74, 6) is 1.78. The normalized spacial score (nSPS) is 19.1. The van der Waals surface area contributed by atoms with Crippen LogP contribution in [0.25, 0.3) is 0 Å². The average molecular weight is 410 g/mol. The Labute approximate surface area is 178 Å². The third-order valence-electron chi connectivity index (χ3n) is 5.98. The molecular weight excluding hydrogens is 378 g/mol. The highest BCUT2D eigenvalue weighted by Gasteiger charge is 2.20. The number of amides is 1. The predicted octanol–water partition coefficient (Wildman–Crippen LogP) is 2.59. The minimum Gasteiger partial charge on any atom is -0.378 e. The summed E-state index contributed by atoms with van der Waals surface area (Å²) in [5.41, 5.74) is 3.93. The molecular formula is C23H31N5O2. The van der Waals surface area contributed by atoms with Gasteiger partial charge in [-0.1, -0.05) is 19.1 Å². The lowest BCUT2D eigenvalue weighted by Crippen LogP contribution is -2.37. The monoisotopic (exact) mass is 409 g/mol. The molecule has 160 valence electrons. The summed E-state index contributed by atoms with van der Waals surface area (Å²) in [7, 11) is 0. The zero-order valence-corrected chi connectivity index (χ0v) is 17.9. The van der Waals surface area contributed by atoms with Crippen molar-refractivity contribution in [2.24, 2.45) is 5.92 Å². The lowest BCUT2D eigenvalue weighted by molar-refractivity contribution is 0.102. The van der Waals surface area contributed by atoms with Crippen molar-refractivity contribution in [3.8, 4) is 0 Å². The van der Waals surface area contributed by atoms with Gasteiger partial charge in [0.2, 0.25) is 5.95 Å². The van der Waals surface area contributed by atoms with E-state index in [0.29, 0.717) is 30.6 Å². The summed E-state index contributed by atoms with van der Waals surface area (Å²) in [4.78, 5) is 24.3. The first kappa shape index (κ1) is 20.8. The van der Waals surface area contributed by atoms with Crippen LogP contribution in [0.1, 0.15) is 40.5 Å². The van der Waals surface area contributed by atoms with E-state index in [0.717, 1.165) is 56.1 Å². The molecule has 7 nitrogen and oxygen atoms in total. The summed E-state index contributed by atoms with van der Waals surface area (Å²) in [5, 5.41) is 6.30. The molecule has 30 heavy (non-hydrogen) atoms. The van der Waals surface area contributed by atoms with Gasteiger partial charge in [-0.2, -0.15) is 4.98 Å². The van der Waals surface area contributed by atoms with Crippen LogP contribution in [0.4, 0.5) is 11.8 Å². The third-order valence-corrected chi connectivity index (χ3v) is 5.98. The summed E-state index contributed by atoms with van der Waals surface area (Å²) in [6.45, 7) is 9.26. The van der Waals surface area contributed by atoms with Crippen LogP contribution < -0.4 is 15.5 Å². The van der Waals surface area contributed by atoms with Crippen molar-refractivity contribution >= 4 is 17.7 Å². The van der Waals surface area contributed by atoms with Gasteiger partial charge in [0.05, 0.1) is 13.2 Å². The first-order chi connectivity index (χ1) is 14.6. The third kappa shape index (κ3) is 4.79. The van der Waals surface area contributed by atoms with Gasteiger partial charge in [-0.25, -0.2) is 4.98 Å². The van der Waals surface area contributed by atoms with Crippen LogP contribution in [0.3, 0.4) is 0 Å². The van der Waals surface area contributed by atoms with E-state index in [1.165, 1.54) is 12.0 Å². The van der Waals surface area contributed by atoms with Crippen LogP contribution in [-0.2, 0) is 17.6 Å². The highest BCUT2D eigenvalue weighted by Crippen LogP contribution is 2.24. The van der Waals surface area contributed by atoms with E-state index in [-0.39, 0.29) is 5.91 Å². The Morgan fingerprint density at radius 2 is 2.00 bits per heavy atom. The van der Waals surface area contributed by atoms with E-state index < -0.39 is 0 Å². The van der Waals surface area contributed by atoms with Crippen LogP contribution >= 0.6 is 0 Å². The number of ether oxygens (including phenoxy) is 1. The quantitative estimate of drug-likeness (QED) is 0.764. The fraction of sp³-hybridized carbons (Fsp3) is 0.522. The first-order valence-electron chi connectivity index (χ1n) is 10.9. The van der Waals surface area contributed by atoms with Gasteiger partial charge in [-0.15, -0.1) is 0 Å². The van der Waals surface area contributed by atoms with Crippen LogP contribution in [0.15, 0.2) is 24.3 Å². The molecule has 2 aromatic rings. The van der Waals surface area contributed by atoms with Crippen molar-refractivity contribution in [1.29, 1.82) is 0 Å². The molecule has 4 rings (SSSR count). The van der Waals surface area contributed by atoms with E-state index in [4.69, 9.17) is 9.72 Å². The number of anilines is 2. The smallest absolute Gasteiger partial charge is 0.258 e. The molecule has 2 aliphatic heterocycles. The Bertz CT molecular complexity index is 872. The Balaban J connectivity index is 1.47. The molecule has 1 atom stereocenters. The standard InChI is InChI=1S/C23H31N5O2/c1-3-20-16(2)25-23(26-21(20)28-10-12-30-13-11-28)27-22(29)19-6-4-17(5-7-19)14-18-8-9-24-15-18/h4-7,18,24H,3,8-15H2,1-2H3,(H,25,26,27,29). The van der Waals surface area contributed by atoms with Crippen molar-refractivity contribution in [3.63, 3.8) is 0 Å². The van der Waals surface area contributed by atoms with Crippen molar-refractivity contribution in [2.45, 2.75) is 33.1 Å². The second-order valence-electron chi connectivity index (χ2n) is 8.10. The fourth-order valence-corrected chi connectivity index (χ4v) is 4.28. The molecule has 0 radical (unpaired) electrons. The number of hydrogen-bond acceptors (Lipinski definition) is 6. The fourth-order valence-electron chi connectivity index (χ4n) is 4.28.